The standard InChI is InChI=1S/C9H14N4O/c10-8-4-12-9(5-11-8)13-3-1-2-7(14)6-13/h4-5,7,14H,1-3,6H2,(H2,10,11). The molecule has 0 aliphatic carbocycles. The monoisotopic (exact) mass is 194 g/mol. The van der Waals surface area contributed by atoms with Gasteiger partial charge in [-0.3, -0.25) is 0 Å². The third-order valence-corrected chi connectivity index (χ3v) is 2.38. The van der Waals surface area contributed by atoms with Gasteiger partial charge < -0.3 is 15.7 Å². The highest BCUT2D eigenvalue weighted by atomic mass is 16.3. The topological polar surface area (TPSA) is 75.3 Å². The number of aliphatic hydroxyl groups is 1. The fourth-order valence-corrected chi connectivity index (χ4v) is 1.66. The van der Waals surface area contributed by atoms with E-state index in [0.29, 0.717) is 12.4 Å². The van der Waals surface area contributed by atoms with E-state index in [2.05, 4.69) is 9.97 Å². The van der Waals surface area contributed by atoms with Gasteiger partial charge >= 0.3 is 0 Å². The fourth-order valence-electron chi connectivity index (χ4n) is 1.66. The van der Waals surface area contributed by atoms with Crippen LogP contribution in [0.4, 0.5) is 11.6 Å². The van der Waals surface area contributed by atoms with Crippen LogP contribution < -0.4 is 10.6 Å². The van der Waals surface area contributed by atoms with Gasteiger partial charge in [0.25, 0.3) is 0 Å². The lowest BCUT2D eigenvalue weighted by Crippen LogP contribution is -2.38. The average molecular weight is 194 g/mol. The van der Waals surface area contributed by atoms with Crippen molar-refractivity contribution < 1.29 is 5.11 Å². The molecule has 0 spiro atoms. The highest BCUT2D eigenvalue weighted by Gasteiger charge is 2.18. The van der Waals surface area contributed by atoms with Gasteiger partial charge in [-0.15, -0.1) is 0 Å². The number of hydrogen-bond acceptors (Lipinski definition) is 5. The third-order valence-electron chi connectivity index (χ3n) is 2.38. The molecule has 5 heteroatoms. The average Bonchev–Trinajstić information content (AvgIpc) is 2.19. The number of nitrogen functional groups attached to an aromatic ring is 1. The lowest BCUT2D eigenvalue weighted by molar-refractivity contribution is 0.154. The Morgan fingerprint density at radius 2 is 2.29 bits per heavy atom. The van der Waals surface area contributed by atoms with E-state index < -0.39 is 0 Å². The minimum atomic E-state index is -0.247. The molecule has 1 fully saturated rings. The number of aliphatic hydroxyl groups excluding tert-OH is 1. The Morgan fingerprint density at radius 1 is 1.43 bits per heavy atom. The molecule has 0 saturated carbocycles. The number of β-amino-alcohol motifs (C(OH)–C–C–N with tert-alkyl or cyclic N) is 1. The molecule has 2 rings (SSSR count). The summed E-state index contributed by atoms with van der Waals surface area (Å²) in [7, 11) is 0. The van der Waals surface area contributed by atoms with Crippen LogP contribution in [0.1, 0.15) is 12.8 Å². The Labute approximate surface area is 82.6 Å². The summed E-state index contributed by atoms with van der Waals surface area (Å²) in [6, 6.07) is 0. The lowest BCUT2D eigenvalue weighted by Gasteiger charge is -2.30. The fraction of sp³-hybridized carbons (Fsp3) is 0.556. The van der Waals surface area contributed by atoms with E-state index in [9.17, 15) is 5.11 Å². The number of hydrogen-bond donors (Lipinski definition) is 2. The zero-order valence-electron chi connectivity index (χ0n) is 7.93. The van der Waals surface area contributed by atoms with Crippen molar-refractivity contribution in [3.05, 3.63) is 12.4 Å². The predicted octanol–water partition coefficient (Wildman–Crippen LogP) is 0.0199. The summed E-state index contributed by atoms with van der Waals surface area (Å²) >= 11 is 0. The number of aromatic nitrogens is 2. The molecule has 5 nitrogen and oxygen atoms in total. The van der Waals surface area contributed by atoms with Crippen molar-refractivity contribution in [1.82, 2.24) is 9.97 Å². The summed E-state index contributed by atoms with van der Waals surface area (Å²) < 4.78 is 0. The normalized spacial score (nSPS) is 22.4. The van der Waals surface area contributed by atoms with Crippen LogP contribution in [0, 0.1) is 0 Å². The van der Waals surface area contributed by atoms with Crippen LogP contribution in [-0.2, 0) is 0 Å². The maximum absolute atomic E-state index is 9.48. The first kappa shape index (κ1) is 9.21. The summed E-state index contributed by atoms with van der Waals surface area (Å²) in [5.74, 6) is 1.21. The van der Waals surface area contributed by atoms with Gasteiger partial charge in [-0.05, 0) is 12.8 Å². The molecule has 1 atom stereocenters. The quantitative estimate of drug-likeness (QED) is 0.659. The van der Waals surface area contributed by atoms with E-state index in [1.807, 2.05) is 4.90 Å². The Hall–Kier alpha value is -1.36. The second kappa shape index (κ2) is 3.79. The zero-order chi connectivity index (χ0) is 9.97. The maximum atomic E-state index is 9.48. The van der Waals surface area contributed by atoms with Crippen molar-refractivity contribution in [1.29, 1.82) is 0 Å². The van der Waals surface area contributed by atoms with Crippen LogP contribution in [0.2, 0.25) is 0 Å². The van der Waals surface area contributed by atoms with Gasteiger partial charge in [-0.2, -0.15) is 0 Å². The van der Waals surface area contributed by atoms with Crippen LogP contribution in [0.25, 0.3) is 0 Å². The van der Waals surface area contributed by atoms with Gasteiger partial charge in [0, 0.05) is 13.1 Å². The summed E-state index contributed by atoms with van der Waals surface area (Å²) in [6.45, 7) is 1.56. The first-order chi connectivity index (χ1) is 6.75. The van der Waals surface area contributed by atoms with E-state index in [4.69, 9.17) is 5.73 Å². The number of piperidine rings is 1. The van der Waals surface area contributed by atoms with Gasteiger partial charge in [0.05, 0.1) is 18.5 Å². The first-order valence-corrected chi connectivity index (χ1v) is 4.76. The van der Waals surface area contributed by atoms with Crippen molar-refractivity contribution in [2.45, 2.75) is 18.9 Å². The largest absolute Gasteiger partial charge is 0.391 e. The number of nitrogens with zero attached hydrogens (tertiary/aromatic N) is 3. The highest BCUT2D eigenvalue weighted by Crippen LogP contribution is 2.16. The lowest BCUT2D eigenvalue weighted by atomic mass is 10.1. The minimum Gasteiger partial charge on any atom is -0.391 e. The molecule has 1 unspecified atom stereocenters. The summed E-state index contributed by atoms with van der Waals surface area (Å²) in [5, 5.41) is 9.48. The molecule has 1 aromatic heterocycles. The molecule has 1 aliphatic rings. The Morgan fingerprint density at radius 3 is 2.93 bits per heavy atom. The van der Waals surface area contributed by atoms with Crippen LogP contribution in [0.3, 0.4) is 0 Å². The van der Waals surface area contributed by atoms with Crippen LogP contribution in [0.5, 0.6) is 0 Å². The van der Waals surface area contributed by atoms with Gasteiger partial charge in [-0.1, -0.05) is 0 Å². The smallest absolute Gasteiger partial charge is 0.147 e. The predicted molar refractivity (Wildman–Crippen MR) is 53.9 cm³/mol. The van der Waals surface area contributed by atoms with Gasteiger partial charge in [0.1, 0.15) is 11.6 Å². The maximum Gasteiger partial charge on any atom is 0.147 e. The van der Waals surface area contributed by atoms with E-state index >= 15 is 0 Å². The summed E-state index contributed by atoms with van der Waals surface area (Å²) in [4.78, 5) is 10.2. The van der Waals surface area contributed by atoms with Crippen molar-refractivity contribution in [2.24, 2.45) is 0 Å². The molecular formula is C9H14N4O. The molecular weight excluding hydrogens is 180 g/mol. The minimum absolute atomic E-state index is 0.247. The highest BCUT2D eigenvalue weighted by molar-refractivity contribution is 5.39. The third kappa shape index (κ3) is 1.93. The molecule has 0 amide bonds. The van der Waals surface area contributed by atoms with Crippen LogP contribution in [0.15, 0.2) is 12.4 Å². The van der Waals surface area contributed by atoms with Gasteiger partial charge in [-0.25, -0.2) is 9.97 Å². The molecule has 2 heterocycles. The van der Waals surface area contributed by atoms with Crippen molar-refractivity contribution in [3.63, 3.8) is 0 Å². The molecule has 0 bridgehead atoms. The van der Waals surface area contributed by atoms with E-state index in [1.165, 1.54) is 6.20 Å². The SMILES string of the molecule is Nc1cnc(N2CCCC(O)C2)cn1. The zero-order valence-corrected chi connectivity index (χ0v) is 7.93. The number of anilines is 2. The summed E-state index contributed by atoms with van der Waals surface area (Å²) in [5.41, 5.74) is 5.44. The second-order valence-corrected chi connectivity index (χ2v) is 3.54. The Kier molecular flexibility index (Phi) is 2.49. The molecule has 0 aromatic carbocycles. The molecule has 76 valence electrons. The molecule has 1 saturated heterocycles. The van der Waals surface area contributed by atoms with E-state index in [-0.39, 0.29) is 6.10 Å². The van der Waals surface area contributed by atoms with Crippen LogP contribution in [-0.4, -0.2) is 34.3 Å². The van der Waals surface area contributed by atoms with Crippen molar-refractivity contribution in [2.75, 3.05) is 23.7 Å². The van der Waals surface area contributed by atoms with E-state index in [1.54, 1.807) is 6.20 Å². The van der Waals surface area contributed by atoms with Gasteiger partial charge in [0.2, 0.25) is 0 Å². The molecule has 1 aromatic rings. The molecule has 0 radical (unpaired) electrons. The Balaban J connectivity index is 2.10. The van der Waals surface area contributed by atoms with Crippen molar-refractivity contribution >= 4 is 11.6 Å². The number of nitrogens with two attached hydrogens (primary N) is 1. The Bertz CT molecular complexity index is 300. The molecule has 1 aliphatic heterocycles. The van der Waals surface area contributed by atoms with Crippen molar-refractivity contribution in [3.8, 4) is 0 Å². The second-order valence-electron chi connectivity index (χ2n) is 3.54. The van der Waals surface area contributed by atoms with Gasteiger partial charge in [0.15, 0.2) is 0 Å². The summed E-state index contributed by atoms with van der Waals surface area (Å²) in [6.07, 6.45) is 4.80. The van der Waals surface area contributed by atoms with Crippen LogP contribution >= 0.6 is 0 Å². The van der Waals surface area contributed by atoms with E-state index in [0.717, 1.165) is 25.2 Å². The molecule has 14 heavy (non-hydrogen) atoms. The molecule has 3 N–H and O–H groups in total. The first-order valence-electron chi connectivity index (χ1n) is 4.76. The number of rotatable bonds is 1.